The second-order valence-corrected chi connectivity index (χ2v) is 5.39. The Kier molecular flexibility index (Phi) is 4.74. The molecule has 0 bridgehead atoms. The summed E-state index contributed by atoms with van der Waals surface area (Å²) in [6.45, 7) is 1.69. The van der Waals surface area contributed by atoms with Gasteiger partial charge in [0.15, 0.2) is 0 Å². The highest BCUT2D eigenvalue weighted by Gasteiger charge is 2.16. The zero-order valence-electron chi connectivity index (χ0n) is 12.9. The van der Waals surface area contributed by atoms with Crippen LogP contribution in [0.3, 0.4) is 0 Å². The van der Waals surface area contributed by atoms with Gasteiger partial charge in [-0.15, -0.1) is 0 Å². The minimum absolute atomic E-state index is 0.315. The number of pyridine rings is 1. The average molecular weight is 311 g/mol. The molecule has 0 spiro atoms. The van der Waals surface area contributed by atoms with Crippen LogP contribution in [0.25, 0.3) is 0 Å². The smallest absolute Gasteiger partial charge is 0.138 e. The van der Waals surface area contributed by atoms with Crippen LogP contribution in [0.5, 0.6) is 5.75 Å². The molecule has 1 aliphatic heterocycles. The van der Waals surface area contributed by atoms with Gasteiger partial charge in [0.1, 0.15) is 18.2 Å². The summed E-state index contributed by atoms with van der Waals surface area (Å²) in [5.74, 6) is 6.33. The largest absolute Gasteiger partial charge is 0.490 e. The lowest BCUT2D eigenvalue weighted by Gasteiger charge is -2.27. The molecule has 1 aromatic carbocycles. The molecule has 0 radical (unpaired) electrons. The van der Waals surface area contributed by atoms with Gasteiger partial charge in [-0.1, -0.05) is 11.8 Å². The van der Waals surface area contributed by atoms with E-state index in [4.69, 9.17) is 4.74 Å². The van der Waals surface area contributed by atoms with Crippen molar-refractivity contribution in [1.29, 1.82) is 0 Å². The molecule has 3 rings (SSSR count). The summed E-state index contributed by atoms with van der Waals surface area (Å²) in [5, 5.41) is 6.19. The predicted molar refractivity (Wildman–Crippen MR) is 88.1 cm³/mol. The number of hydrogen-bond donors (Lipinski definition) is 2. The molecule has 118 valence electrons. The fourth-order valence-corrected chi connectivity index (χ4v) is 2.20. The Labute approximate surface area is 135 Å². The number of anilines is 1. The third-order valence-electron chi connectivity index (χ3n) is 3.63. The molecular formula is C18H18FN3O. The molecule has 2 heterocycles. The van der Waals surface area contributed by atoms with Crippen LogP contribution >= 0.6 is 0 Å². The van der Waals surface area contributed by atoms with Crippen LogP contribution in [-0.2, 0) is 0 Å². The molecule has 1 fully saturated rings. The minimum Gasteiger partial charge on any atom is -0.490 e. The Bertz CT molecular complexity index is 747. The van der Waals surface area contributed by atoms with Gasteiger partial charge in [-0.2, -0.15) is 0 Å². The van der Waals surface area contributed by atoms with Gasteiger partial charge in [0.05, 0.1) is 6.20 Å². The van der Waals surface area contributed by atoms with Gasteiger partial charge >= 0.3 is 0 Å². The highest BCUT2D eigenvalue weighted by molar-refractivity contribution is 5.52. The Morgan fingerprint density at radius 2 is 2.09 bits per heavy atom. The lowest BCUT2D eigenvalue weighted by molar-refractivity contribution is 0.217. The first-order valence-electron chi connectivity index (χ1n) is 7.54. The average Bonchev–Trinajstić information content (AvgIpc) is 2.51. The fourth-order valence-electron chi connectivity index (χ4n) is 2.20. The van der Waals surface area contributed by atoms with Gasteiger partial charge in [0.2, 0.25) is 0 Å². The summed E-state index contributed by atoms with van der Waals surface area (Å²) in [6.07, 6.45) is 4.48. The molecule has 0 saturated carbocycles. The van der Waals surface area contributed by atoms with Crippen LogP contribution in [0.1, 0.15) is 17.5 Å². The molecule has 0 amide bonds. The lowest BCUT2D eigenvalue weighted by atomic mass is 10.1. The fraction of sp³-hybridized carbons (Fsp3) is 0.278. The number of hydrogen-bond acceptors (Lipinski definition) is 4. The standard InChI is InChI=1S/C18H18FN3O/c1-20-17-7-13(6-15(19)9-17)2-3-14-8-18(11-21-10-14)23-12-16-4-5-22-16/h6-11,16,20,22H,4-5,12H2,1H3. The summed E-state index contributed by atoms with van der Waals surface area (Å²) < 4.78 is 19.2. The number of nitrogens with one attached hydrogen (secondary N) is 2. The summed E-state index contributed by atoms with van der Waals surface area (Å²) in [4.78, 5) is 4.14. The normalized spacial score (nSPS) is 16.0. The Morgan fingerprint density at radius 1 is 1.26 bits per heavy atom. The monoisotopic (exact) mass is 311 g/mol. The van der Waals surface area contributed by atoms with Crippen LogP contribution in [0.15, 0.2) is 36.7 Å². The molecule has 1 unspecified atom stereocenters. The van der Waals surface area contributed by atoms with E-state index in [1.165, 1.54) is 12.1 Å². The van der Waals surface area contributed by atoms with Gasteiger partial charge in [-0.05, 0) is 37.2 Å². The predicted octanol–water partition coefficient (Wildman–Crippen LogP) is 2.40. The van der Waals surface area contributed by atoms with Crippen LogP contribution in [0, 0.1) is 17.7 Å². The molecule has 4 nitrogen and oxygen atoms in total. The Hall–Kier alpha value is -2.58. The van der Waals surface area contributed by atoms with Crippen molar-refractivity contribution >= 4 is 5.69 Å². The van der Waals surface area contributed by atoms with E-state index in [1.54, 1.807) is 25.5 Å². The van der Waals surface area contributed by atoms with Crippen LogP contribution in [0.2, 0.25) is 0 Å². The molecule has 1 aliphatic rings. The van der Waals surface area contributed by atoms with Crippen molar-refractivity contribution in [2.75, 3.05) is 25.5 Å². The number of ether oxygens (including phenoxy) is 1. The topological polar surface area (TPSA) is 46.2 Å². The molecular weight excluding hydrogens is 293 g/mol. The zero-order valence-corrected chi connectivity index (χ0v) is 12.9. The maximum atomic E-state index is 13.5. The van der Waals surface area contributed by atoms with E-state index in [1.807, 2.05) is 6.07 Å². The first kappa shape index (κ1) is 15.3. The van der Waals surface area contributed by atoms with Crippen LogP contribution < -0.4 is 15.4 Å². The highest BCUT2D eigenvalue weighted by atomic mass is 19.1. The first-order valence-corrected chi connectivity index (χ1v) is 7.54. The van der Waals surface area contributed by atoms with E-state index in [-0.39, 0.29) is 5.82 Å². The van der Waals surface area contributed by atoms with E-state index in [2.05, 4.69) is 27.5 Å². The summed E-state index contributed by atoms with van der Waals surface area (Å²) in [7, 11) is 1.74. The van der Waals surface area contributed by atoms with Crippen molar-refractivity contribution in [2.45, 2.75) is 12.5 Å². The molecule has 2 aromatic rings. The second-order valence-electron chi connectivity index (χ2n) is 5.39. The van der Waals surface area contributed by atoms with Crippen molar-refractivity contribution in [1.82, 2.24) is 10.3 Å². The maximum absolute atomic E-state index is 13.5. The summed E-state index contributed by atoms with van der Waals surface area (Å²) in [5.41, 5.74) is 2.04. The third-order valence-corrected chi connectivity index (χ3v) is 3.63. The minimum atomic E-state index is -0.315. The van der Waals surface area contributed by atoms with Gasteiger partial charge in [0, 0.05) is 36.1 Å². The number of aromatic nitrogens is 1. The Morgan fingerprint density at radius 3 is 2.83 bits per heavy atom. The van der Waals surface area contributed by atoms with Crippen LogP contribution in [0.4, 0.5) is 10.1 Å². The third kappa shape index (κ3) is 4.21. The van der Waals surface area contributed by atoms with Gasteiger partial charge in [-0.3, -0.25) is 4.98 Å². The van der Waals surface area contributed by atoms with Crippen LogP contribution in [-0.4, -0.2) is 31.2 Å². The van der Waals surface area contributed by atoms with E-state index < -0.39 is 0 Å². The van der Waals surface area contributed by atoms with Crippen molar-refractivity contribution in [2.24, 2.45) is 0 Å². The van der Waals surface area contributed by atoms with Gasteiger partial charge in [-0.25, -0.2) is 4.39 Å². The van der Waals surface area contributed by atoms with Crippen molar-refractivity contribution in [3.63, 3.8) is 0 Å². The van der Waals surface area contributed by atoms with Gasteiger partial charge < -0.3 is 15.4 Å². The van der Waals surface area contributed by atoms with E-state index >= 15 is 0 Å². The summed E-state index contributed by atoms with van der Waals surface area (Å²) >= 11 is 0. The molecule has 1 atom stereocenters. The number of rotatable bonds is 4. The lowest BCUT2D eigenvalue weighted by Crippen LogP contribution is -2.46. The molecule has 1 saturated heterocycles. The number of nitrogens with zero attached hydrogens (tertiary/aromatic N) is 1. The molecule has 23 heavy (non-hydrogen) atoms. The summed E-state index contributed by atoms with van der Waals surface area (Å²) in [6, 6.07) is 6.90. The zero-order chi connectivity index (χ0) is 16.1. The molecule has 2 N–H and O–H groups in total. The number of halogens is 1. The van der Waals surface area contributed by atoms with E-state index in [0.29, 0.717) is 29.6 Å². The Balaban J connectivity index is 1.71. The maximum Gasteiger partial charge on any atom is 0.138 e. The van der Waals surface area contributed by atoms with E-state index in [9.17, 15) is 4.39 Å². The van der Waals surface area contributed by atoms with Crippen molar-refractivity contribution in [3.05, 3.63) is 53.6 Å². The highest BCUT2D eigenvalue weighted by Crippen LogP contribution is 2.14. The molecule has 0 aliphatic carbocycles. The van der Waals surface area contributed by atoms with Gasteiger partial charge in [0.25, 0.3) is 0 Å². The van der Waals surface area contributed by atoms with Crippen molar-refractivity contribution in [3.8, 4) is 17.6 Å². The van der Waals surface area contributed by atoms with Crippen molar-refractivity contribution < 1.29 is 9.13 Å². The van der Waals surface area contributed by atoms with E-state index in [0.717, 1.165) is 18.5 Å². The SMILES string of the molecule is CNc1cc(F)cc(C#Cc2cncc(OCC3CCN3)c2)c1. The second kappa shape index (κ2) is 7.12. The quantitative estimate of drug-likeness (QED) is 0.851. The first-order chi connectivity index (χ1) is 11.2. The molecule has 5 heteroatoms. The molecule has 1 aromatic heterocycles. The number of benzene rings is 1.